The molecule has 2 saturated carbocycles. The molecular weight excluding hydrogens is 278 g/mol. The topological polar surface area (TPSA) is 58.4 Å². The van der Waals surface area contributed by atoms with Gasteiger partial charge in [0.05, 0.1) is 17.7 Å². The van der Waals surface area contributed by atoms with Gasteiger partial charge in [-0.2, -0.15) is 5.10 Å². The lowest BCUT2D eigenvalue weighted by Gasteiger charge is -2.32. The minimum Gasteiger partial charge on any atom is -0.481 e. The van der Waals surface area contributed by atoms with E-state index in [0.717, 1.165) is 44.6 Å². The van der Waals surface area contributed by atoms with Crippen molar-refractivity contribution in [2.75, 3.05) is 13.1 Å². The second kappa shape index (κ2) is 5.37. The van der Waals surface area contributed by atoms with Gasteiger partial charge in [-0.25, -0.2) is 0 Å². The molecule has 5 heteroatoms. The van der Waals surface area contributed by atoms with Crippen LogP contribution in [0.2, 0.25) is 0 Å². The summed E-state index contributed by atoms with van der Waals surface area (Å²) in [4.78, 5) is 13.5. The van der Waals surface area contributed by atoms with Crippen molar-refractivity contribution in [1.29, 1.82) is 0 Å². The van der Waals surface area contributed by atoms with Gasteiger partial charge in [-0.3, -0.25) is 14.4 Å². The molecule has 2 heterocycles. The summed E-state index contributed by atoms with van der Waals surface area (Å²) in [7, 11) is 0. The molecule has 0 bridgehead atoms. The van der Waals surface area contributed by atoms with Gasteiger partial charge < -0.3 is 5.11 Å². The van der Waals surface area contributed by atoms with E-state index >= 15 is 0 Å². The van der Waals surface area contributed by atoms with E-state index in [1.807, 2.05) is 0 Å². The quantitative estimate of drug-likeness (QED) is 0.929. The van der Waals surface area contributed by atoms with E-state index in [9.17, 15) is 4.79 Å². The van der Waals surface area contributed by atoms with Gasteiger partial charge in [0, 0.05) is 12.7 Å². The van der Waals surface area contributed by atoms with Gasteiger partial charge in [0.15, 0.2) is 0 Å². The molecule has 1 atom stereocenters. The molecule has 2 aliphatic carbocycles. The zero-order valence-electron chi connectivity index (χ0n) is 13.1. The number of carboxylic acid groups (broad SMARTS) is 1. The van der Waals surface area contributed by atoms with Crippen LogP contribution in [0, 0.1) is 11.3 Å². The summed E-state index contributed by atoms with van der Waals surface area (Å²) in [5.74, 6) is -0.667. The van der Waals surface area contributed by atoms with Gasteiger partial charge in [-0.15, -0.1) is 0 Å². The Hall–Kier alpha value is -1.36. The number of carboxylic acids is 1. The predicted molar refractivity (Wildman–Crippen MR) is 82.4 cm³/mol. The summed E-state index contributed by atoms with van der Waals surface area (Å²) in [6.07, 6.45) is 10.3. The van der Waals surface area contributed by atoms with Crippen LogP contribution in [-0.4, -0.2) is 38.8 Å². The van der Waals surface area contributed by atoms with E-state index < -0.39 is 5.97 Å². The summed E-state index contributed by atoms with van der Waals surface area (Å²) in [5, 5.41) is 13.9. The standard InChI is InChI=1S/C17H25N3O2/c21-16(22)15-11-17(15)6-9-19(10-7-17)12-13-5-8-20(18-13)14-3-1-2-4-14/h5,8,14-15H,1-4,6-7,9-12H2,(H,21,22). The third-order valence-electron chi connectivity index (χ3n) is 6.09. The van der Waals surface area contributed by atoms with Crippen molar-refractivity contribution < 1.29 is 9.90 Å². The normalized spacial score (nSPS) is 28.3. The molecule has 1 aliphatic heterocycles. The summed E-state index contributed by atoms with van der Waals surface area (Å²) in [5.41, 5.74) is 1.29. The molecule has 3 fully saturated rings. The van der Waals surface area contributed by atoms with Crippen LogP contribution < -0.4 is 0 Å². The Bertz CT molecular complexity index is 554. The Morgan fingerprint density at radius 1 is 1.32 bits per heavy atom. The van der Waals surface area contributed by atoms with Gasteiger partial charge in [0.25, 0.3) is 0 Å². The first-order chi connectivity index (χ1) is 10.7. The molecule has 5 nitrogen and oxygen atoms in total. The zero-order chi connectivity index (χ0) is 15.2. The summed E-state index contributed by atoms with van der Waals surface area (Å²) < 4.78 is 2.16. The highest BCUT2D eigenvalue weighted by molar-refractivity contribution is 5.74. The maximum absolute atomic E-state index is 11.1. The van der Waals surface area contributed by atoms with E-state index in [4.69, 9.17) is 10.2 Å². The van der Waals surface area contributed by atoms with Crippen LogP contribution in [-0.2, 0) is 11.3 Å². The Labute approximate surface area is 131 Å². The first-order valence-corrected chi connectivity index (χ1v) is 8.65. The van der Waals surface area contributed by atoms with E-state index in [1.54, 1.807) is 0 Å². The van der Waals surface area contributed by atoms with Gasteiger partial charge >= 0.3 is 5.97 Å². The molecule has 1 aromatic heterocycles. The van der Waals surface area contributed by atoms with Gasteiger partial charge in [0.2, 0.25) is 0 Å². The highest BCUT2D eigenvalue weighted by atomic mass is 16.4. The van der Waals surface area contributed by atoms with Crippen molar-refractivity contribution in [3.05, 3.63) is 18.0 Å². The van der Waals surface area contributed by atoms with Crippen molar-refractivity contribution >= 4 is 5.97 Å². The smallest absolute Gasteiger partial charge is 0.307 e. The average molecular weight is 303 g/mol. The van der Waals surface area contributed by atoms with Crippen molar-refractivity contribution in [3.8, 4) is 0 Å². The van der Waals surface area contributed by atoms with Crippen LogP contribution in [0.3, 0.4) is 0 Å². The first-order valence-electron chi connectivity index (χ1n) is 8.65. The van der Waals surface area contributed by atoms with Crippen LogP contribution in [0.4, 0.5) is 0 Å². The fraction of sp³-hybridized carbons (Fsp3) is 0.765. The molecule has 1 aromatic rings. The number of likely N-dealkylation sites (tertiary alicyclic amines) is 1. The molecule has 3 aliphatic rings. The molecule has 1 saturated heterocycles. The van der Waals surface area contributed by atoms with Crippen molar-refractivity contribution in [1.82, 2.24) is 14.7 Å². The SMILES string of the molecule is O=C(O)C1CC12CCN(Cc1ccn(C3CCCC3)n1)CC2. The third-order valence-corrected chi connectivity index (χ3v) is 6.09. The lowest BCUT2D eigenvalue weighted by Crippen LogP contribution is -2.35. The lowest BCUT2D eigenvalue weighted by atomic mass is 9.91. The minimum absolute atomic E-state index is 0.0729. The number of nitrogens with zero attached hydrogens (tertiary/aromatic N) is 3. The highest BCUT2D eigenvalue weighted by Crippen LogP contribution is 2.59. The molecule has 0 radical (unpaired) electrons. The fourth-order valence-electron chi connectivity index (χ4n) is 4.47. The van der Waals surface area contributed by atoms with E-state index in [1.165, 1.54) is 25.7 Å². The molecule has 22 heavy (non-hydrogen) atoms. The maximum atomic E-state index is 11.1. The van der Waals surface area contributed by atoms with Gasteiger partial charge in [-0.1, -0.05) is 12.8 Å². The van der Waals surface area contributed by atoms with Crippen LogP contribution in [0.15, 0.2) is 12.3 Å². The van der Waals surface area contributed by atoms with Gasteiger partial charge in [0.1, 0.15) is 0 Å². The number of carbonyl (C=O) groups is 1. The fourth-order valence-corrected chi connectivity index (χ4v) is 4.47. The minimum atomic E-state index is -0.594. The highest BCUT2D eigenvalue weighted by Gasteiger charge is 2.58. The Kier molecular flexibility index (Phi) is 3.48. The van der Waals surface area contributed by atoms with Crippen molar-refractivity contribution in [2.45, 2.75) is 57.5 Å². The summed E-state index contributed by atoms with van der Waals surface area (Å²) in [6.45, 7) is 2.94. The number of hydrogen-bond donors (Lipinski definition) is 1. The molecule has 1 spiro atoms. The summed E-state index contributed by atoms with van der Waals surface area (Å²) in [6, 6.07) is 2.76. The second-order valence-electron chi connectivity index (χ2n) is 7.46. The molecular formula is C17H25N3O2. The Balaban J connectivity index is 1.31. The van der Waals surface area contributed by atoms with E-state index in [2.05, 4.69) is 21.8 Å². The predicted octanol–water partition coefficient (Wildman–Crippen LogP) is 2.68. The molecule has 120 valence electrons. The molecule has 1 N–H and O–H groups in total. The average Bonchev–Trinajstić information content (AvgIpc) is 2.90. The van der Waals surface area contributed by atoms with E-state index in [0.29, 0.717) is 6.04 Å². The largest absolute Gasteiger partial charge is 0.481 e. The zero-order valence-corrected chi connectivity index (χ0v) is 13.1. The van der Waals surface area contributed by atoms with Crippen LogP contribution in [0.5, 0.6) is 0 Å². The van der Waals surface area contributed by atoms with Crippen LogP contribution in [0.25, 0.3) is 0 Å². The number of aromatic nitrogens is 2. The molecule has 4 rings (SSSR count). The number of hydrogen-bond acceptors (Lipinski definition) is 3. The van der Waals surface area contributed by atoms with Crippen molar-refractivity contribution in [3.63, 3.8) is 0 Å². The van der Waals surface area contributed by atoms with Crippen molar-refractivity contribution in [2.24, 2.45) is 11.3 Å². The monoisotopic (exact) mass is 303 g/mol. The molecule has 0 aromatic carbocycles. The third kappa shape index (κ3) is 2.56. The molecule has 1 unspecified atom stereocenters. The first kappa shape index (κ1) is 14.2. The lowest BCUT2D eigenvalue weighted by molar-refractivity contribution is -0.139. The Morgan fingerprint density at radius 3 is 2.68 bits per heavy atom. The number of piperidine rings is 1. The van der Waals surface area contributed by atoms with Gasteiger partial charge in [-0.05, 0) is 56.7 Å². The second-order valence-corrected chi connectivity index (χ2v) is 7.46. The number of aliphatic carboxylic acids is 1. The maximum Gasteiger partial charge on any atom is 0.307 e. The summed E-state index contributed by atoms with van der Waals surface area (Å²) >= 11 is 0. The van der Waals surface area contributed by atoms with Crippen LogP contribution in [0.1, 0.15) is 56.7 Å². The number of rotatable bonds is 4. The molecule has 0 amide bonds. The van der Waals surface area contributed by atoms with E-state index in [-0.39, 0.29) is 11.3 Å². The van der Waals surface area contributed by atoms with Crippen LogP contribution >= 0.6 is 0 Å². The Morgan fingerprint density at radius 2 is 2.05 bits per heavy atom.